The predicted octanol–water partition coefficient (Wildman–Crippen LogP) is 2.44. The van der Waals surface area contributed by atoms with E-state index in [2.05, 4.69) is 0 Å². The van der Waals surface area contributed by atoms with Crippen molar-refractivity contribution in [2.24, 2.45) is 0 Å². The Labute approximate surface area is 120 Å². The Morgan fingerprint density at radius 3 is 2.10 bits per heavy atom. The zero-order valence-corrected chi connectivity index (χ0v) is 11.2. The Kier molecular flexibility index (Phi) is 4.08. The van der Waals surface area contributed by atoms with Crippen molar-refractivity contribution in [1.82, 2.24) is 0 Å². The van der Waals surface area contributed by atoms with E-state index in [4.69, 9.17) is 0 Å². The van der Waals surface area contributed by atoms with E-state index in [9.17, 15) is 19.7 Å². The lowest BCUT2D eigenvalue weighted by molar-refractivity contribution is -0.384. The van der Waals surface area contributed by atoms with E-state index in [-0.39, 0.29) is 11.3 Å². The number of rotatable bonds is 4. The summed E-state index contributed by atoms with van der Waals surface area (Å²) in [5.41, 5.74) is 0.585. The third-order valence-corrected chi connectivity index (χ3v) is 2.98. The minimum atomic E-state index is -0.712. The van der Waals surface area contributed by atoms with Crippen LogP contribution >= 0.6 is 0 Å². The molecule has 2 aromatic rings. The molecule has 2 rings (SSSR count). The Bertz CT molecular complexity index is 681. The molecule has 21 heavy (non-hydrogen) atoms. The second kappa shape index (κ2) is 5.96. The second-order valence-electron chi connectivity index (χ2n) is 4.33. The van der Waals surface area contributed by atoms with Crippen molar-refractivity contribution in [1.29, 1.82) is 0 Å². The third-order valence-electron chi connectivity index (χ3n) is 2.98. The number of amides is 1. The third kappa shape index (κ3) is 3.11. The maximum Gasteiger partial charge on any atom is 0.299 e. The Morgan fingerprint density at radius 2 is 1.57 bits per heavy atom. The molecule has 0 fully saturated rings. The summed E-state index contributed by atoms with van der Waals surface area (Å²) in [7, 11) is 1.50. The fraction of sp³-hybridized carbons (Fsp3) is 0.0667. The molecule has 0 aromatic heterocycles. The molecule has 0 aliphatic carbocycles. The standard InChI is InChI=1S/C15H12N2O4/c1-16(12-5-3-2-4-6-12)15(19)14(18)11-7-9-13(10-8-11)17(20)21/h2-10H,1H3. The summed E-state index contributed by atoms with van der Waals surface area (Å²) in [6.07, 6.45) is 0. The number of nitrogens with zero attached hydrogens (tertiary/aromatic N) is 2. The first-order chi connectivity index (χ1) is 10.0. The number of ketones is 1. The van der Waals surface area contributed by atoms with Crippen molar-refractivity contribution >= 4 is 23.1 Å². The summed E-state index contributed by atoms with van der Waals surface area (Å²) >= 11 is 0. The van der Waals surface area contributed by atoms with E-state index in [0.717, 1.165) is 0 Å². The van der Waals surface area contributed by atoms with Gasteiger partial charge in [-0.05, 0) is 24.3 Å². The van der Waals surface area contributed by atoms with Crippen LogP contribution in [0.2, 0.25) is 0 Å². The average Bonchev–Trinajstić information content (AvgIpc) is 2.53. The summed E-state index contributed by atoms with van der Waals surface area (Å²) < 4.78 is 0. The molecule has 0 bridgehead atoms. The zero-order valence-electron chi connectivity index (χ0n) is 11.2. The van der Waals surface area contributed by atoms with Gasteiger partial charge in [0.1, 0.15) is 0 Å². The van der Waals surface area contributed by atoms with Gasteiger partial charge in [-0.2, -0.15) is 0 Å². The molecule has 0 saturated heterocycles. The topological polar surface area (TPSA) is 80.5 Å². The molecule has 6 nitrogen and oxygen atoms in total. The van der Waals surface area contributed by atoms with E-state index in [1.165, 1.54) is 36.2 Å². The van der Waals surface area contributed by atoms with Gasteiger partial charge in [0.25, 0.3) is 17.4 Å². The minimum Gasteiger partial charge on any atom is -0.309 e. The summed E-state index contributed by atoms with van der Waals surface area (Å²) in [6, 6.07) is 13.7. The molecule has 1 amide bonds. The highest BCUT2D eigenvalue weighted by Gasteiger charge is 2.22. The number of likely N-dealkylation sites (N-methyl/N-ethyl adjacent to an activating group) is 1. The van der Waals surface area contributed by atoms with Crippen molar-refractivity contribution < 1.29 is 14.5 Å². The summed E-state index contributed by atoms with van der Waals surface area (Å²) in [5.74, 6) is -1.41. The molecule has 0 aliphatic rings. The van der Waals surface area contributed by atoms with Crippen LogP contribution in [0.3, 0.4) is 0 Å². The Balaban J connectivity index is 2.19. The number of carbonyl (C=O) groups is 2. The Hall–Kier alpha value is -3.02. The molecule has 0 atom stereocenters. The molecule has 0 aliphatic heterocycles. The van der Waals surface area contributed by atoms with Crippen molar-refractivity contribution in [3.8, 4) is 0 Å². The first-order valence-electron chi connectivity index (χ1n) is 6.12. The highest BCUT2D eigenvalue weighted by molar-refractivity contribution is 6.47. The normalized spacial score (nSPS) is 9.95. The van der Waals surface area contributed by atoms with Gasteiger partial charge in [-0.1, -0.05) is 18.2 Å². The van der Waals surface area contributed by atoms with Gasteiger partial charge >= 0.3 is 0 Å². The smallest absolute Gasteiger partial charge is 0.299 e. The average molecular weight is 284 g/mol. The van der Waals surface area contributed by atoms with Gasteiger partial charge in [-0.25, -0.2) is 0 Å². The molecular weight excluding hydrogens is 272 g/mol. The van der Waals surface area contributed by atoms with E-state index >= 15 is 0 Å². The van der Waals surface area contributed by atoms with Crippen LogP contribution in [0.15, 0.2) is 54.6 Å². The second-order valence-corrected chi connectivity index (χ2v) is 4.33. The first kappa shape index (κ1) is 14.4. The van der Waals surface area contributed by atoms with Crippen LogP contribution < -0.4 is 4.90 Å². The van der Waals surface area contributed by atoms with Crippen molar-refractivity contribution in [3.63, 3.8) is 0 Å². The van der Waals surface area contributed by atoms with Gasteiger partial charge in [-0.15, -0.1) is 0 Å². The number of nitro groups is 1. The number of benzene rings is 2. The van der Waals surface area contributed by atoms with Crippen molar-refractivity contribution in [2.45, 2.75) is 0 Å². The SMILES string of the molecule is CN(C(=O)C(=O)c1ccc([N+](=O)[O-])cc1)c1ccccc1. The van der Waals surface area contributed by atoms with Gasteiger partial charge in [0.15, 0.2) is 0 Å². The van der Waals surface area contributed by atoms with Crippen molar-refractivity contribution in [3.05, 3.63) is 70.3 Å². The highest BCUT2D eigenvalue weighted by Crippen LogP contribution is 2.15. The number of para-hydroxylation sites is 1. The molecule has 6 heteroatoms. The molecule has 0 saturated carbocycles. The van der Waals surface area contributed by atoms with Crippen LogP contribution in [-0.2, 0) is 4.79 Å². The van der Waals surface area contributed by atoms with Gasteiger partial charge < -0.3 is 4.90 Å². The number of non-ortho nitro benzene ring substituents is 1. The predicted molar refractivity (Wildman–Crippen MR) is 77.3 cm³/mol. The van der Waals surface area contributed by atoms with Gasteiger partial charge in [0.05, 0.1) is 4.92 Å². The largest absolute Gasteiger partial charge is 0.309 e. The lowest BCUT2D eigenvalue weighted by atomic mass is 10.1. The molecule has 106 valence electrons. The zero-order chi connectivity index (χ0) is 15.4. The fourth-order valence-corrected chi connectivity index (χ4v) is 1.78. The highest BCUT2D eigenvalue weighted by atomic mass is 16.6. The van der Waals surface area contributed by atoms with Crippen LogP contribution in [0.4, 0.5) is 11.4 Å². The molecule has 2 aromatic carbocycles. The first-order valence-corrected chi connectivity index (χ1v) is 6.12. The molecule has 0 spiro atoms. The maximum absolute atomic E-state index is 12.1. The number of hydrogen-bond donors (Lipinski definition) is 0. The molecule has 0 unspecified atom stereocenters. The lowest BCUT2D eigenvalue weighted by Gasteiger charge is -2.16. The van der Waals surface area contributed by atoms with Crippen LogP contribution in [0.1, 0.15) is 10.4 Å². The monoisotopic (exact) mass is 284 g/mol. The molecule has 0 heterocycles. The van der Waals surface area contributed by atoms with E-state index in [1.54, 1.807) is 30.3 Å². The molecular formula is C15H12N2O4. The summed E-state index contributed by atoms with van der Waals surface area (Å²) in [5, 5.41) is 10.6. The van der Waals surface area contributed by atoms with Crippen LogP contribution in [0, 0.1) is 10.1 Å². The summed E-state index contributed by atoms with van der Waals surface area (Å²) in [6.45, 7) is 0. The van der Waals surface area contributed by atoms with Crippen LogP contribution in [0.5, 0.6) is 0 Å². The minimum absolute atomic E-state index is 0.119. The quantitative estimate of drug-likeness (QED) is 0.374. The molecule has 0 radical (unpaired) electrons. The number of carbonyl (C=O) groups excluding carboxylic acids is 2. The van der Waals surface area contributed by atoms with Crippen LogP contribution in [-0.4, -0.2) is 23.7 Å². The fourth-order valence-electron chi connectivity index (χ4n) is 1.78. The van der Waals surface area contributed by atoms with Gasteiger partial charge in [-0.3, -0.25) is 19.7 Å². The van der Waals surface area contributed by atoms with E-state index < -0.39 is 16.6 Å². The van der Waals surface area contributed by atoms with Gasteiger partial charge in [0.2, 0.25) is 0 Å². The van der Waals surface area contributed by atoms with E-state index in [0.29, 0.717) is 5.69 Å². The summed E-state index contributed by atoms with van der Waals surface area (Å²) in [4.78, 5) is 35.4. The number of hydrogen-bond acceptors (Lipinski definition) is 4. The maximum atomic E-state index is 12.1. The van der Waals surface area contributed by atoms with Crippen molar-refractivity contribution in [2.75, 3.05) is 11.9 Å². The Morgan fingerprint density at radius 1 is 1.00 bits per heavy atom. The number of Topliss-reactive ketones (excluding diaryl/α,β-unsaturated/α-hetero) is 1. The van der Waals surface area contributed by atoms with Crippen LogP contribution in [0.25, 0.3) is 0 Å². The number of nitro benzene ring substituents is 1. The van der Waals surface area contributed by atoms with Gasteiger partial charge in [0, 0.05) is 30.4 Å². The van der Waals surface area contributed by atoms with E-state index in [1.807, 2.05) is 0 Å². The lowest BCUT2D eigenvalue weighted by Crippen LogP contribution is -2.33. The number of anilines is 1. The molecule has 0 N–H and O–H groups in total.